The summed E-state index contributed by atoms with van der Waals surface area (Å²) in [5.74, 6) is -0.204. The van der Waals surface area contributed by atoms with Crippen LogP contribution in [0.25, 0.3) is 22.0 Å². The maximum Gasteiger partial charge on any atom is 0.271 e. The van der Waals surface area contributed by atoms with Gasteiger partial charge in [-0.2, -0.15) is 0 Å². The predicted octanol–water partition coefficient (Wildman–Crippen LogP) is 4.94. The van der Waals surface area contributed by atoms with Gasteiger partial charge in [0, 0.05) is 29.6 Å². The lowest BCUT2D eigenvalue weighted by atomic mass is 10.1. The first kappa shape index (κ1) is 19.5. The van der Waals surface area contributed by atoms with Crippen molar-refractivity contribution in [1.29, 1.82) is 0 Å². The zero-order valence-corrected chi connectivity index (χ0v) is 16.5. The zero-order chi connectivity index (χ0) is 20.9. The summed E-state index contributed by atoms with van der Waals surface area (Å²) in [4.78, 5) is 31.3. The molecule has 0 radical (unpaired) electrons. The monoisotopic (exact) mass is 416 g/mol. The van der Waals surface area contributed by atoms with E-state index in [1.54, 1.807) is 12.3 Å². The van der Waals surface area contributed by atoms with Gasteiger partial charge < -0.3 is 5.32 Å². The third-order valence-electron chi connectivity index (χ3n) is 4.35. The van der Waals surface area contributed by atoms with Gasteiger partial charge in [-0.25, -0.2) is 9.97 Å². The number of aromatic nitrogens is 2. The lowest BCUT2D eigenvalue weighted by Gasteiger charge is -2.06. The van der Waals surface area contributed by atoms with Crippen LogP contribution in [0.1, 0.15) is 0 Å². The highest BCUT2D eigenvalue weighted by Crippen LogP contribution is 2.25. The van der Waals surface area contributed by atoms with Crippen LogP contribution in [0, 0.1) is 10.1 Å². The maximum absolute atomic E-state index is 12.2. The zero-order valence-electron chi connectivity index (χ0n) is 15.7. The van der Waals surface area contributed by atoms with Crippen LogP contribution in [0.4, 0.5) is 11.4 Å². The Morgan fingerprint density at radius 3 is 2.67 bits per heavy atom. The van der Waals surface area contributed by atoms with E-state index in [0.717, 1.165) is 22.0 Å². The molecule has 0 atom stereocenters. The van der Waals surface area contributed by atoms with Gasteiger partial charge >= 0.3 is 0 Å². The molecule has 30 heavy (non-hydrogen) atoms. The van der Waals surface area contributed by atoms with Gasteiger partial charge in [0.2, 0.25) is 5.91 Å². The highest BCUT2D eigenvalue weighted by Gasteiger charge is 2.10. The molecule has 0 spiro atoms. The van der Waals surface area contributed by atoms with Crippen LogP contribution >= 0.6 is 11.8 Å². The number of benzene rings is 3. The van der Waals surface area contributed by atoms with Gasteiger partial charge in [-0.3, -0.25) is 14.9 Å². The number of carbonyl (C=O) groups excluding carboxylic acids is 1. The van der Waals surface area contributed by atoms with Gasteiger partial charge in [-0.05, 0) is 29.0 Å². The van der Waals surface area contributed by atoms with Crippen molar-refractivity contribution in [1.82, 2.24) is 9.97 Å². The molecule has 8 heteroatoms. The predicted molar refractivity (Wildman–Crippen MR) is 117 cm³/mol. The number of hydrogen-bond acceptors (Lipinski definition) is 6. The van der Waals surface area contributed by atoms with Crippen molar-refractivity contribution in [3.05, 3.63) is 89.1 Å². The fourth-order valence-electron chi connectivity index (χ4n) is 2.94. The summed E-state index contributed by atoms with van der Waals surface area (Å²) < 4.78 is 0. The van der Waals surface area contributed by atoms with Crippen LogP contribution in [-0.2, 0) is 4.79 Å². The number of thioether (sulfide) groups is 1. The van der Waals surface area contributed by atoms with E-state index in [0.29, 0.717) is 10.8 Å². The second-order valence-electron chi connectivity index (χ2n) is 6.43. The summed E-state index contributed by atoms with van der Waals surface area (Å²) in [6.07, 6.45) is 1.66. The number of nitro benzene ring substituents is 1. The van der Waals surface area contributed by atoms with E-state index in [-0.39, 0.29) is 17.3 Å². The third kappa shape index (κ3) is 4.61. The minimum absolute atomic E-state index is 0.0770. The number of amides is 1. The summed E-state index contributed by atoms with van der Waals surface area (Å²) in [6.45, 7) is 0. The fraction of sp³-hybridized carbons (Fsp3) is 0.0455. The minimum Gasteiger partial charge on any atom is -0.325 e. The highest BCUT2D eigenvalue weighted by atomic mass is 32.2. The Morgan fingerprint density at radius 2 is 1.83 bits per heavy atom. The topological polar surface area (TPSA) is 98.0 Å². The number of anilines is 1. The van der Waals surface area contributed by atoms with Gasteiger partial charge in [0.25, 0.3) is 5.69 Å². The quantitative estimate of drug-likeness (QED) is 0.207. The largest absolute Gasteiger partial charge is 0.325 e. The first-order valence-electron chi connectivity index (χ1n) is 9.08. The molecule has 0 bridgehead atoms. The van der Waals surface area contributed by atoms with Gasteiger partial charge in [-0.15, -0.1) is 0 Å². The first-order chi connectivity index (χ1) is 14.6. The van der Waals surface area contributed by atoms with E-state index in [4.69, 9.17) is 0 Å². The smallest absolute Gasteiger partial charge is 0.271 e. The number of nitrogens with one attached hydrogen (secondary N) is 1. The number of fused-ring (bicyclic) bond motifs is 1. The average molecular weight is 416 g/mol. The molecule has 0 aliphatic heterocycles. The number of carbonyl (C=O) groups is 1. The molecule has 1 heterocycles. The van der Waals surface area contributed by atoms with Crippen LogP contribution in [0.2, 0.25) is 0 Å². The van der Waals surface area contributed by atoms with Crippen molar-refractivity contribution in [2.45, 2.75) is 5.16 Å². The highest BCUT2D eigenvalue weighted by molar-refractivity contribution is 7.99. The first-order valence-corrected chi connectivity index (χ1v) is 10.1. The Labute approximate surface area is 176 Å². The normalized spacial score (nSPS) is 10.7. The number of rotatable bonds is 6. The summed E-state index contributed by atoms with van der Waals surface area (Å²) in [5.41, 5.74) is 2.05. The lowest BCUT2D eigenvalue weighted by Crippen LogP contribution is -2.14. The molecule has 0 saturated heterocycles. The summed E-state index contributed by atoms with van der Waals surface area (Å²) >= 11 is 1.20. The van der Waals surface area contributed by atoms with E-state index in [1.165, 1.54) is 30.0 Å². The van der Waals surface area contributed by atoms with Crippen molar-refractivity contribution in [2.24, 2.45) is 0 Å². The molecular formula is C22H16N4O3S. The second kappa shape index (κ2) is 8.71. The van der Waals surface area contributed by atoms with E-state index >= 15 is 0 Å². The molecule has 0 fully saturated rings. The molecule has 1 aromatic heterocycles. The standard InChI is InChI=1S/C22H16N4O3S/c27-21(24-18-6-3-7-19(13-18)26(28)29)14-30-22-23-11-10-20(25-22)17-9-8-15-4-1-2-5-16(15)12-17/h1-13H,14H2,(H,24,27). The lowest BCUT2D eigenvalue weighted by molar-refractivity contribution is -0.384. The average Bonchev–Trinajstić information content (AvgIpc) is 2.78. The molecular weight excluding hydrogens is 400 g/mol. The molecule has 3 aromatic carbocycles. The summed E-state index contributed by atoms with van der Waals surface area (Å²) in [5, 5.41) is 16.3. The van der Waals surface area contributed by atoms with E-state index < -0.39 is 4.92 Å². The Morgan fingerprint density at radius 1 is 1.00 bits per heavy atom. The molecule has 7 nitrogen and oxygen atoms in total. The van der Waals surface area contributed by atoms with Gasteiger partial charge in [-0.1, -0.05) is 54.2 Å². The molecule has 1 amide bonds. The SMILES string of the molecule is O=C(CSc1nccc(-c2ccc3ccccc3c2)n1)Nc1cccc([N+](=O)[O-])c1. The van der Waals surface area contributed by atoms with Crippen LogP contribution in [-0.4, -0.2) is 26.6 Å². The number of nitrogens with zero attached hydrogens (tertiary/aromatic N) is 3. The van der Waals surface area contributed by atoms with Crippen LogP contribution in [0.15, 0.2) is 84.1 Å². The van der Waals surface area contributed by atoms with Gasteiger partial charge in [0.15, 0.2) is 5.16 Å². The Bertz CT molecular complexity index is 1250. The summed E-state index contributed by atoms with van der Waals surface area (Å²) in [7, 11) is 0. The van der Waals surface area contributed by atoms with Crippen molar-refractivity contribution in [3.63, 3.8) is 0 Å². The molecule has 0 saturated carbocycles. The van der Waals surface area contributed by atoms with E-state index in [2.05, 4.69) is 27.4 Å². The fourth-order valence-corrected chi connectivity index (χ4v) is 3.57. The second-order valence-corrected chi connectivity index (χ2v) is 7.37. The van der Waals surface area contributed by atoms with Gasteiger partial charge in [0.05, 0.1) is 16.4 Å². The van der Waals surface area contributed by atoms with Crippen molar-refractivity contribution >= 4 is 39.8 Å². The van der Waals surface area contributed by atoms with Crippen molar-refractivity contribution in [2.75, 3.05) is 11.1 Å². The minimum atomic E-state index is -0.503. The maximum atomic E-state index is 12.2. The molecule has 0 aliphatic rings. The Kier molecular flexibility index (Phi) is 5.67. The summed E-state index contributed by atoms with van der Waals surface area (Å²) in [6, 6.07) is 21.9. The third-order valence-corrected chi connectivity index (χ3v) is 5.21. The molecule has 4 aromatic rings. The molecule has 0 unspecified atom stereocenters. The number of nitro groups is 1. The van der Waals surface area contributed by atoms with Crippen molar-refractivity contribution < 1.29 is 9.72 Å². The molecule has 4 rings (SSSR count). The van der Waals surface area contributed by atoms with Crippen LogP contribution < -0.4 is 5.32 Å². The Hall–Kier alpha value is -3.78. The van der Waals surface area contributed by atoms with Gasteiger partial charge in [0.1, 0.15) is 0 Å². The van der Waals surface area contributed by atoms with E-state index in [9.17, 15) is 14.9 Å². The molecule has 148 valence electrons. The van der Waals surface area contributed by atoms with E-state index in [1.807, 2.05) is 36.4 Å². The van der Waals surface area contributed by atoms with Crippen molar-refractivity contribution in [3.8, 4) is 11.3 Å². The van der Waals surface area contributed by atoms with Crippen LogP contribution in [0.3, 0.4) is 0 Å². The van der Waals surface area contributed by atoms with Crippen LogP contribution in [0.5, 0.6) is 0 Å². The number of non-ortho nitro benzene ring substituents is 1. The molecule has 0 aliphatic carbocycles. The Balaban J connectivity index is 1.43. The molecule has 1 N–H and O–H groups in total. The number of hydrogen-bond donors (Lipinski definition) is 1.